The minimum absolute atomic E-state index is 0.0195. The van der Waals surface area contributed by atoms with E-state index in [1.165, 1.54) is 29.6 Å². The van der Waals surface area contributed by atoms with Crippen LogP contribution < -0.4 is 16.0 Å². The van der Waals surface area contributed by atoms with Crippen molar-refractivity contribution in [2.45, 2.75) is 37.9 Å². The molecule has 36 heavy (non-hydrogen) atoms. The van der Waals surface area contributed by atoms with Crippen LogP contribution >= 0.6 is 11.8 Å². The molecule has 0 bridgehead atoms. The summed E-state index contributed by atoms with van der Waals surface area (Å²) in [6.45, 7) is 6.49. The number of piperidine rings is 1. The van der Waals surface area contributed by atoms with Crippen LogP contribution in [0.4, 0.5) is 5.69 Å². The maximum atomic E-state index is 12.7. The van der Waals surface area contributed by atoms with E-state index in [4.69, 9.17) is 0 Å². The molecule has 1 aromatic rings. The molecule has 1 atom stereocenters. The van der Waals surface area contributed by atoms with Gasteiger partial charge >= 0.3 is 0 Å². The molecular weight excluding hydrogens is 476 g/mol. The molecule has 1 aliphatic rings. The van der Waals surface area contributed by atoms with Gasteiger partial charge in [-0.3, -0.25) is 14.4 Å². The molecule has 1 aliphatic heterocycles. The summed E-state index contributed by atoms with van der Waals surface area (Å²) >= 11 is 1.13. The molecule has 0 radical (unpaired) electrons. The summed E-state index contributed by atoms with van der Waals surface area (Å²) < 4.78 is 0. The molecule has 1 saturated heterocycles. The van der Waals surface area contributed by atoms with Crippen molar-refractivity contribution in [2.24, 2.45) is 0 Å². The second-order valence-corrected chi connectivity index (χ2v) is 9.95. The van der Waals surface area contributed by atoms with Crippen molar-refractivity contribution in [1.29, 1.82) is 5.26 Å². The van der Waals surface area contributed by atoms with E-state index >= 15 is 0 Å². The van der Waals surface area contributed by atoms with Gasteiger partial charge in [0.25, 0.3) is 11.8 Å². The van der Waals surface area contributed by atoms with Gasteiger partial charge in [0, 0.05) is 51.5 Å². The van der Waals surface area contributed by atoms with Gasteiger partial charge in [-0.1, -0.05) is 13.3 Å². The molecule has 3 N–H and O–H groups in total. The van der Waals surface area contributed by atoms with Crippen LogP contribution in [0, 0.1) is 11.3 Å². The Morgan fingerprint density at radius 1 is 1.11 bits per heavy atom. The lowest BCUT2D eigenvalue weighted by Gasteiger charge is -2.26. The van der Waals surface area contributed by atoms with Crippen molar-refractivity contribution in [1.82, 2.24) is 20.4 Å². The summed E-state index contributed by atoms with van der Waals surface area (Å²) in [4.78, 5) is 40.9. The molecule has 0 saturated carbocycles. The highest BCUT2D eigenvalue weighted by Crippen LogP contribution is 2.18. The van der Waals surface area contributed by atoms with Crippen LogP contribution in [0.3, 0.4) is 0 Å². The Labute approximate surface area is 218 Å². The highest BCUT2D eigenvalue weighted by Gasteiger charge is 2.20. The molecule has 2 rings (SSSR count). The Bertz CT molecular complexity index is 936. The number of likely N-dealkylation sites (tertiary alicyclic amines) is 1. The van der Waals surface area contributed by atoms with Gasteiger partial charge in [-0.2, -0.15) is 5.26 Å². The third-order valence-electron chi connectivity index (χ3n) is 5.75. The Balaban J connectivity index is 1.92. The normalized spacial score (nSPS) is 14.9. The molecule has 0 unspecified atom stereocenters. The molecule has 0 spiro atoms. The summed E-state index contributed by atoms with van der Waals surface area (Å²) in [6.07, 6.45) is 4.55. The monoisotopic (exact) mass is 514 g/mol. The van der Waals surface area contributed by atoms with Crippen molar-refractivity contribution in [2.75, 3.05) is 58.7 Å². The van der Waals surface area contributed by atoms with E-state index in [9.17, 15) is 19.6 Å². The lowest BCUT2D eigenvalue weighted by atomic mass is 10.1. The predicted molar refractivity (Wildman–Crippen MR) is 145 cm³/mol. The number of nitrogens with one attached hydrogen (secondary N) is 3. The third-order valence-corrected chi connectivity index (χ3v) is 6.83. The van der Waals surface area contributed by atoms with Crippen molar-refractivity contribution < 1.29 is 14.4 Å². The lowest BCUT2D eigenvalue weighted by Crippen LogP contribution is -2.37. The number of anilines is 1. The van der Waals surface area contributed by atoms with Crippen LogP contribution in [0.25, 0.3) is 0 Å². The second kappa shape index (κ2) is 15.9. The maximum absolute atomic E-state index is 12.7. The number of nitrogens with zero attached hydrogens (tertiary/aromatic N) is 3. The molecule has 3 amide bonds. The highest BCUT2D eigenvalue weighted by atomic mass is 32.2. The van der Waals surface area contributed by atoms with Gasteiger partial charge in [0.2, 0.25) is 5.91 Å². The van der Waals surface area contributed by atoms with Gasteiger partial charge in [0.1, 0.15) is 16.9 Å². The molecule has 196 valence electrons. The van der Waals surface area contributed by atoms with E-state index in [1.807, 2.05) is 13.0 Å². The quantitative estimate of drug-likeness (QED) is 0.273. The van der Waals surface area contributed by atoms with Crippen LogP contribution in [0.2, 0.25) is 0 Å². The van der Waals surface area contributed by atoms with Gasteiger partial charge in [-0.05, 0) is 62.0 Å². The number of carbonyl (C=O) groups is 3. The van der Waals surface area contributed by atoms with Gasteiger partial charge < -0.3 is 25.8 Å². The number of nitriles is 1. The second-order valence-electron chi connectivity index (χ2n) is 8.88. The zero-order chi connectivity index (χ0) is 26.3. The number of hydrogen-bond donors (Lipinski definition) is 3. The van der Waals surface area contributed by atoms with Crippen molar-refractivity contribution in [3.63, 3.8) is 0 Å². The zero-order valence-corrected chi connectivity index (χ0v) is 22.3. The Morgan fingerprint density at radius 3 is 2.42 bits per heavy atom. The van der Waals surface area contributed by atoms with Crippen molar-refractivity contribution in [3.8, 4) is 6.07 Å². The molecule has 1 heterocycles. The van der Waals surface area contributed by atoms with Crippen molar-refractivity contribution >= 4 is 35.2 Å². The minimum atomic E-state index is -0.548. The molecular formula is C26H38N6O3S. The Kier molecular flexibility index (Phi) is 12.9. The maximum Gasteiger partial charge on any atom is 0.264 e. The molecule has 1 aromatic carbocycles. The number of carbonyl (C=O) groups excluding carboxylic acids is 3. The fourth-order valence-corrected chi connectivity index (χ4v) is 4.48. The summed E-state index contributed by atoms with van der Waals surface area (Å²) in [7, 11) is 3.15. The van der Waals surface area contributed by atoms with Gasteiger partial charge in [-0.25, -0.2) is 0 Å². The van der Waals surface area contributed by atoms with Gasteiger partial charge in [-0.15, -0.1) is 11.8 Å². The average molecular weight is 515 g/mol. The molecule has 9 nitrogen and oxygen atoms in total. The van der Waals surface area contributed by atoms with E-state index in [1.54, 1.807) is 38.4 Å². The zero-order valence-electron chi connectivity index (χ0n) is 21.5. The summed E-state index contributed by atoms with van der Waals surface area (Å²) in [6, 6.07) is 9.01. The molecule has 10 heteroatoms. The number of amides is 3. The average Bonchev–Trinajstić information content (AvgIpc) is 2.89. The largest absolute Gasteiger partial charge is 0.383 e. The van der Waals surface area contributed by atoms with E-state index in [2.05, 4.69) is 20.9 Å². The minimum Gasteiger partial charge on any atom is -0.383 e. The van der Waals surface area contributed by atoms with Crippen LogP contribution in [0.5, 0.6) is 0 Å². The van der Waals surface area contributed by atoms with E-state index < -0.39 is 11.2 Å². The summed E-state index contributed by atoms with van der Waals surface area (Å²) in [5.41, 5.74) is 1.33. The number of thioether (sulfide) groups is 1. The number of rotatable bonds is 13. The van der Waals surface area contributed by atoms with E-state index in [-0.39, 0.29) is 23.9 Å². The molecule has 1 fully saturated rings. The summed E-state index contributed by atoms with van der Waals surface area (Å²) in [5.74, 6) is -0.689. The van der Waals surface area contributed by atoms with E-state index in [0.29, 0.717) is 18.7 Å². The van der Waals surface area contributed by atoms with E-state index in [0.717, 1.165) is 43.5 Å². The predicted octanol–water partition coefficient (Wildman–Crippen LogP) is 2.44. The molecule has 0 aromatic heterocycles. The first-order valence-electron chi connectivity index (χ1n) is 12.4. The number of benzene rings is 1. The summed E-state index contributed by atoms with van der Waals surface area (Å²) in [5, 5.41) is 19.3. The fraction of sp³-hybridized carbons (Fsp3) is 0.538. The van der Waals surface area contributed by atoms with Crippen LogP contribution in [0.15, 0.2) is 35.2 Å². The van der Waals surface area contributed by atoms with Crippen LogP contribution in [-0.4, -0.2) is 86.1 Å². The number of likely N-dealkylation sites (N-methyl/N-ethyl adjacent to an activating group) is 1. The Morgan fingerprint density at radius 2 is 1.81 bits per heavy atom. The lowest BCUT2D eigenvalue weighted by molar-refractivity contribution is -0.124. The van der Waals surface area contributed by atoms with Crippen LogP contribution in [0.1, 0.15) is 43.0 Å². The van der Waals surface area contributed by atoms with Gasteiger partial charge in [0.15, 0.2) is 0 Å². The standard InChI is InChI=1S/C26H38N6O3S/c1-4-12-28-25(34)23(36-19-21(17-27)26(35)31(2)3)18-30-22-10-8-20(9-11-22)24(33)29-13-16-32-14-6-5-7-15-32/h8-11,19,23,30H,4-7,12-16,18H2,1-3H3,(H,28,34)(H,29,33)/b21-19-/t23-/m1/s1. The first-order chi connectivity index (χ1) is 17.3. The Hall–Kier alpha value is -3.03. The SMILES string of the molecule is CCCNC(=O)[C@@H](CNc1ccc(C(=O)NCCN2CCCCC2)cc1)S/C=C(/C#N)C(=O)N(C)C. The first kappa shape index (κ1) is 29.2. The van der Waals surface area contributed by atoms with Crippen molar-refractivity contribution in [3.05, 3.63) is 40.8 Å². The number of hydrogen-bond acceptors (Lipinski definition) is 7. The highest BCUT2D eigenvalue weighted by molar-refractivity contribution is 8.03. The van der Waals surface area contributed by atoms with Crippen LogP contribution in [-0.2, 0) is 9.59 Å². The third kappa shape index (κ3) is 9.91. The molecule has 0 aliphatic carbocycles. The fourth-order valence-electron chi connectivity index (χ4n) is 3.64. The van der Waals surface area contributed by atoms with Gasteiger partial charge in [0.05, 0.1) is 0 Å². The smallest absolute Gasteiger partial charge is 0.264 e. The first-order valence-corrected chi connectivity index (χ1v) is 13.4. The topological polar surface area (TPSA) is 118 Å².